The van der Waals surface area contributed by atoms with E-state index >= 15 is 0 Å². The number of rotatable bonds is 9. The average Bonchev–Trinajstić information content (AvgIpc) is 2.45. The molecule has 0 saturated carbocycles. The topological polar surface area (TPSA) is 58.4 Å². The third kappa shape index (κ3) is 7.14. The molecule has 1 unspecified atom stereocenters. The second-order valence-electron chi connectivity index (χ2n) is 5.68. The van der Waals surface area contributed by atoms with E-state index in [-0.39, 0.29) is 5.91 Å². The number of nitrogens with one attached hydrogen (secondary N) is 1. The van der Waals surface area contributed by atoms with E-state index in [0.29, 0.717) is 18.0 Å². The van der Waals surface area contributed by atoms with Gasteiger partial charge in [-0.15, -0.1) is 0 Å². The van der Waals surface area contributed by atoms with Gasteiger partial charge in [0.1, 0.15) is 0 Å². The Labute approximate surface area is 128 Å². The second kappa shape index (κ2) is 9.40. The maximum Gasteiger partial charge on any atom is 0.224 e. The molecule has 3 N–H and O–H groups in total. The zero-order chi connectivity index (χ0) is 15.7. The van der Waals surface area contributed by atoms with Gasteiger partial charge in [0.2, 0.25) is 5.91 Å². The Morgan fingerprint density at radius 1 is 1.38 bits per heavy atom. The molecule has 0 heterocycles. The minimum Gasteiger partial charge on any atom is -0.399 e. The molecular weight excluding hydrogens is 262 g/mol. The molecule has 4 heteroatoms. The van der Waals surface area contributed by atoms with Crippen LogP contribution in [0.5, 0.6) is 0 Å². The molecule has 0 aliphatic rings. The molecule has 1 rings (SSSR count). The molecule has 21 heavy (non-hydrogen) atoms. The van der Waals surface area contributed by atoms with Gasteiger partial charge in [0.15, 0.2) is 0 Å². The Morgan fingerprint density at radius 2 is 2.14 bits per heavy atom. The van der Waals surface area contributed by atoms with E-state index in [0.717, 1.165) is 31.7 Å². The molecule has 4 nitrogen and oxygen atoms in total. The first-order chi connectivity index (χ1) is 10.0. The van der Waals surface area contributed by atoms with Gasteiger partial charge in [-0.2, -0.15) is 0 Å². The fourth-order valence-corrected chi connectivity index (χ4v) is 2.25. The van der Waals surface area contributed by atoms with Crippen LogP contribution in [-0.2, 0) is 4.79 Å². The summed E-state index contributed by atoms with van der Waals surface area (Å²) in [6, 6.07) is 7.29. The molecule has 0 aliphatic heterocycles. The number of nitrogen functional groups attached to an aromatic ring is 1. The van der Waals surface area contributed by atoms with Gasteiger partial charge in [-0.25, -0.2) is 0 Å². The number of hydrogen-bond acceptors (Lipinski definition) is 3. The molecule has 0 bridgehead atoms. The lowest BCUT2D eigenvalue weighted by atomic mass is 10.1. The quantitative estimate of drug-likeness (QED) is 0.686. The molecule has 1 amide bonds. The Balaban J connectivity index is 2.29. The van der Waals surface area contributed by atoms with Gasteiger partial charge in [-0.05, 0) is 43.6 Å². The van der Waals surface area contributed by atoms with Crippen LogP contribution in [0.2, 0.25) is 0 Å². The minimum absolute atomic E-state index is 0.0557. The van der Waals surface area contributed by atoms with Crippen molar-refractivity contribution >= 4 is 17.3 Å². The lowest BCUT2D eigenvalue weighted by Gasteiger charge is -2.23. The van der Waals surface area contributed by atoms with Gasteiger partial charge in [-0.3, -0.25) is 4.79 Å². The Morgan fingerprint density at radius 3 is 2.76 bits per heavy atom. The van der Waals surface area contributed by atoms with Gasteiger partial charge in [0.25, 0.3) is 0 Å². The summed E-state index contributed by atoms with van der Waals surface area (Å²) in [7, 11) is 0. The van der Waals surface area contributed by atoms with E-state index in [1.165, 1.54) is 6.42 Å². The summed E-state index contributed by atoms with van der Waals surface area (Å²) in [5, 5.41) is 2.89. The van der Waals surface area contributed by atoms with Crippen LogP contribution in [0.1, 0.15) is 40.0 Å². The van der Waals surface area contributed by atoms with Gasteiger partial charge in [0.05, 0.1) is 0 Å². The van der Waals surface area contributed by atoms with Gasteiger partial charge < -0.3 is 16.0 Å². The van der Waals surface area contributed by atoms with Crippen LogP contribution < -0.4 is 11.1 Å². The van der Waals surface area contributed by atoms with Crippen LogP contribution in [0.15, 0.2) is 24.3 Å². The third-order valence-electron chi connectivity index (χ3n) is 3.76. The number of nitrogens with zero attached hydrogens (tertiary/aromatic N) is 1. The molecule has 0 saturated heterocycles. The lowest BCUT2D eigenvalue weighted by molar-refractivity contribution is -0.116. The zero-order valence-electron chi connectivity index (χ0n) is 13.6. The minimum atomic E-state index is 0.0557. The second-order valence-corrected chi connectivity index (χ2v) is 5.68. The third-order valence-corrected chi connectivity index (χ3v) is 3.76. The molecule has 1 aromatic rings. The normalized spacial score (nSPS) is 12.4. The smallest absolute Gasteiger partial charge is 0.224 e. The van der Waals surface area contributed by atoms with E-state index < -0.39 is 0 Å². The maximum atomic E-state index is 11.9. The monoisotopic (exact) mass is 291 g/mol. The first kappa shape index (κ1) is 17.5. The van der Waals surface area contributed by atoms with E-state index in [1.807, 2.05) is 18.2 Å². The summed E-state index contributed by atoms with van der Waals surface area (Å²) in [5.41, 5.74) is 7.13. The van der Waals surface area contributed by atoms with E-state index in [9.17, 15) is 4.79 Å². The number of nitrogens with two attached hydrogens (primary N) is 1. The predicted octanol–water partition coefficient (Wildman–Crippen LogP) is 3.36. The summed E-state index contributed by atoms with van der Waals surface area (Å²) < 4.78 is 0. The van der Waals surface area contributed by atoms with Gasteiger partial charge in [0, 0.05) is 24.3 Å². The molecule has 0 spiro atoms. The van der Waals surface area contributed by atoms with Crippen molar-refractivity contribution in [2.75, 3.05) is 30.7 Å². The summed E-state index contributed by atoms with van der Waals surface area (Å²) in [5.74, 6) is 0.770. The maximum absolute atomic E-state index is 11.9. The van der Waals surface area contributed by atoms with Crippen molar-refractivity contribution < 1.29 is 4.79 Å². The Kier molecular flexibility index (Phi) is 7.83. The highest BCUT2D eigenvalue weighted by atomic mass is 16.1. The molecule has 1 aromatic carbocycles. The van der Waals surface area contributed by atoms with Crippen molar-refractivity contribution in [3.05, 3.63) is 24.3 Å². The predicted molar refractivity (Wildman–Crippen MR) is 90.3 cm³/mol. The van der Waals surface area contributed by atoms with Crippen molar-refractivity contribution in [2.24, 2.45) is 5.92 Å². The van der Waals surface area contributed by atoms with Crippen molar-refractivity contribution in [3.63, 3.8) is 0 Å². The van der Waals surface area contributed by atoms with Crippen LogP contribution in [0.25, 0.3) is 0 Å². The van der Waals surface area contributed by atoms with Crippen LogP contribution >= 0.6 is 0 Å². The summed E-state index contributed by atoms with van der Waals surface area (Å²) in [6.45, 7) is 9.80. The number of hydrogen-bond donors (Lipinski definition) is 2. The number of carbonyl (C=O) groups is 1. The highest BCUT2D eigenvalue weighted by Gasteiger charge is 2.08. The van der Waals surface area contributed by atoms with Gasteiger partial charge in [-0.1, -0.05) is 33.3 Å². The van der Waals surface area contributed by atoms with Gasteiger partial charge >= 0.3 is 0 Å². The molecule has 0 aromatic heterocycles. The first-order valence-electron chi connectivity index (χ1n) is 7.92. The molecule has 1 atom stereocenters. The zero-order valence-corrected chi connectivity index (χ0v) is 13.6. The molecule has 118 valence electrons. The Bertz CT molecular complexity index is 434. The standard InChI is InChI=1S/C17H29N3O/c1-4-14(3)13-20(5-2)11-7-10-17(21)19-16-9-6-8-15(18)12-16/h6,8-9,12,14H,4-5,7,10-11,13,18H2,1-3H3,(H,19,21). The van der Waals surface area contributed by atoms with E-state index in [4.69, 9.17) is 5.73 Å². The number of anilines is 2. The highest BCUT2D eigenvalue weighted by molar-refractivity contribution is 5.91. The Hall–Kier alpha value is -1.55. The van der Waals surface area contributed by atoms with Crippen molar-refractivity contribution in [1.29, 1.82) is 0 Å². The van der Waals surface area contributed by atoms with Crippen LogP contribution in [0, 0.1) is 5.92 Å². The SMILES string of the molecule is CCC(C)CN(CC)CCCC(=O)Nc1cccc(N)c1. The van der Waals surface area contributed by atoms with E-state index in [1.54, 1.807) is 6.07 Å². The molecular formula is C17H29N3O. The van der Waals surface area contributed by atoms with Crippen LogP contribution in [0.3, 0.4) is 0 Å². The van der Waals surface area contributed by atoms with Crippen LogP contribution in [0.4, 0.5) is 11.4 Å². The summed E-state index contributed by atoms with van der Waals surface area (Å²) in [6.07, 6.45) is 2.64. The highest BCUT2D eigenvalue weighted by Crippen LogP contribution is 2.12. The molecule has 0 fully saturated rings. The van der Waals surface area contributed by atoms with Crippen molar-refractivity contribution in [2.45, 2.75) is 40.0 Å². The summed E-state index contributed by atoms with van der Waals surface area (Å²) in [4.78, 5) is 14.3. The van der Waals surface area contributed by atoms with Crippen molar-refractivity contribution in [3.8, 4) is 0 Å². The first-order valence-corrected chi connectivity index (χ1v) is 7.92. The fourth-order valence-electron chi connectivity index (χ4n) is 2.25. The van der Waals surface area contributed by atoms with Crippen molar-refractivity contribution in [1.82, 2.24) is 4.90 Å². The average molecular weight is 291 g/mol. The summed E-state index contributed by atoms with van der Waals surface area (Å²) >= 11 is 0. The van der Waals surface area contributed by atoms with E-state index in [2.05, 4.69) is 31.0 Å². The number of amides is 1. The lowest BCUT2D eigenvalue weighted by Crippen LogP contribution is -2.30. The molecule has 0 radical (unpaired) electrons. The molecule has 0 aliphatic carbocycles. The number of benzene rings is 1. The largest absolute Gasteiger partial charge is 0.399 e. The fraction of sp³-hybridized carbons (Fsp3) is 0.588. The van der Waals surface area contributed by atoms with Crippen LogP contribution in [-0.4, -0.2) is 30.4 Å². The number of carbonyl (C=O) groups excluding carboxylic acids is 1.